The highest BCUT2D eigenvalue weighted by Crippen LogP contribution is 2.27. The summed E-state index contributed by atoms with van der Waals surface area (Å²) >= 11 is 1.73. The Morgan fingerprint density at radius 2 is 2.04 bits per heavy atom. The molecule has 0 spiro atoms. The molecule has 0 radical (unpaired) electrons. The maximum absolute atomic E-state index is 12.1. The van der Waals surface area contributed by atoms with Crippen LogP contribution in [0.1, 0.15) is 37.7 Å². The van der Waals surface area contributed by atoms with E-state index >= 15 is 0 Å². The van der Waals surface area contributed by atoms with Crippen LogP contribution < -0.4 is 10.1 Å². The molecule has 0 aromatic heterocycles. The molecule has 0 saturated carbocycles. The van der Waals surface area contributed by atoms with E-state index in [-0.39, 0.29) is 5.91 Å². The topological polar surface area (TPSA) is 75.6 Å². The van der Waals surface area contributed by atoms with Gasteiger partial charge in [0.2, 0.25) is 5.91 Å². The largest absolute Gasteiger partial charge is 0.494 e. The first-order valence-corrected chi connectivity index (χ1v) is 9.49. The third kappa shape index (κ3) is 5.44. The van der Waals surface area contributed by atoms with Crippen LogP contribution in [0, 0.1) is 6.92 Å². The highest BCUT2D eigenvalue weighted by atomic mass is 32.2. The Morgan fingerprint density at radius 3 is 2.71 bits per heavy atom. The lowest BCUT2D eigenvalue weighted by molar-refractivity contribution is -0.148. The Hall–Kier alpha value is -1.69. The van der Waals surface area contributed by atoms with E-state index in [0.717, 1.165) is 29.2 Å². The molecule has 0 atom stereocenters. The summed E-state index contributed by atoms with van der Waals surface area (Å²) in [6, 6.07) is 7.85. The zero-order valence-electron chi connectivity index (χ0n) is 14.0. The molecule has 1 aromatic rings. The van der Waals surface area contributed by atoms with E-state index < -0.39 is 11.5 Å². The standard InChI is InChI=1S/C18H25NO4S/c1-14-5-4-6-15(13-14)23-10-3-2-7-16(20)19-18(17(21)22)8-11-24-12-9-18/h4-6,13H,2-3,7-12H2,1H3,(H,19,20)(H,21,22). The predicted octanol–water partition coefficient (Wildman–Crippen LogP) is 3.01. The van der Waals surface area contributed by atoms with Crippen LogP contribution in [0.5, 0.6) is 5.75 Å². The number of thioether (sulfide) groups is 1. The van der Waals surface area contributed by atoms with Crippen molar-refractivity contribution in [1.82, 2.24) is 5.32 Å². The smallest absolute Gasteiger partial charge is 0.329 e. The van der Waals surface area contributed by atoms with Crippen LogP contribution in [0.4, 0.5) is 0 Å². The molecule has 0 aliphatic carbocycles. The maximum atomic E-state index is 12.1. The fraction of sp³-hybridized carbons (Fsp3) is 0.556. The van der Waals surface area contributed by atoms with Crippen molar-refractivity contribution in [2.75, 3.05) is 18.1 Å². The molecule has 0 unspecified atom stereocenters. The third-order valence-electron chi connectivity index (χ3n) is 4.19. The van der Waals surface area contributed by atoms with Crippen LogP contribution in [-0.4, -0.2) is 40.6 Å². The number of amides is 1. The molecule has 0 bridgehead atoms. The summed E-state index contributed by atoms with van der Waals surface area (Å²) in [6.45, 7) is 2.57. The Bertz CT molecular complexity index is 570. The van der Waals surface area contributed by atoms with Gasteiger partial charge in [0.1, 0.15) is 11.3 Å². The lowest BCUT2D eigenvalue weighted by Gasteiger charge is -2.33. The van der Waals surface area contributed by atoms with E-state index in [4.69, 9.17) is 4.74 Å². The van der Waals surface area contributed by atoms with E-state index in [1.165, 1.54) is 0 Å². The fourth-order valence-electron chi connectivity index (χ4n) is 2.72. The number of unbranched alkanes of at least 4 members (excludes halogenated alkanes) is 1. The summed E-state index contributed by atoms with van der Waals surface area (Å²) < 4.78 is 5.65. The van der Waals surface area contributed by atoms with Gasteiger partial charge in [0.15, 0.2) is 0 Å². The van der Waals surface area contributed by atoms with Crippen molar-refractivity contribution in [3.63, 3.8) is 0 Å². The zero-order valence-corrected chi connectivity index (χ0v) is 14.9. The van der Waals surface area contributed by atoms with Gasteiger partial charge >= 0.3 is 5.97 Å². The second kappa shape index (κ2) is 8.97. The fourth-order valence-corrected chi connectivity index (χ4v) is 3.91. The van der Waals surface area contributed by atoms with Gasteiger partial charge in [-0.3, -0.25) is 4.79 Å². The number of carboxylic acid groups (broad SMARTS) is 1. The minimum atomic E-state index is -1.07. The minimum Gasteiger partial charge on any atom is -0.494 e. The summed E-state index contributed by atoms with van der Waals surface area (Å²) in [6.07, 6.45) is 2.77. The number of aryl methyl sites for hydroxylation is 1. The van der Waals surface area contributed by atoms with Crippen molar-refractivity contribution >= 4 is 23.6 Å². The average Bonchev–Trinajstić information content (AvgIpc) is 2.55. The third-order valence-corrected chi connectivity index (χ3v) is 5.18. The molecule has 1 aromatic carbocycles. The van der Waals surface area contributed by atoms with Gasteiger partial charge in [-0.15, -0.1) is 0 Å². The Kier molecular flexibility index (Phi) is 6.97. The molecule has 6 heteroatoms. The van der Waals surface area contributed by atoms with Crippen LogP contribution in [0.3, 0.4) is 0 Å². The van der Waals surface area contributed by atoms with E-state index in [1.807, 2.05) is 31.2 Å². The van der Waals surface area contributed by atoms with E-state index in [0.29, 0.717) is 32.3 Å². The van der Waals surface area contributed by atoms with Gasteiger partial charge in [0.25, 0.3) is 0 Å². The number of carboxylic acids is 1. The van der Waals surface area contributed by atoms with Crippen molar-refractivity contribution in [3.05, 3.63) is 29.8 Å². The number of aliphatic carboxylic acids is 1. The summed E-state index contributed by atoms with van der Waals surface area (Å²) in [7, 11) is 0. The number of rotatable bonds is 8. The van der Waals surface area contributed by atoms with Crippen molar-refractivity contribution in [1.29, 1.82) is 0 Å². The highest BCUT2D eigenvalue weighted by molar-refractivity contribution is 7.99. The Balaban J connectivity index is 1.68. The SMILES string of the molecule is Cc1cccc(OCCCCC(=O)NC2(C(=O)O)CCSCC2)c1. The van der Waals surface area contributed by atoms with E-state index in [1.54, 1.807) is 11.8 Å². The van der Waals surface area contributed by atoms with Gasteiger partial charge in [-0.1, -0.05) is 12.1 Å². The number of nitrogens with one attached hydrogen (secondary N) is 1. The molecule has 1 amide bonds. The monoisotopic (exact) mass is 351 g/mol. The van der Waals surface area contributed by atoms with E-state index in [9.17, 15) is 14.7 Å². The van der Waals surface area contributed by atoms with Crippen molar-refractivity contribution in [3.8, 4) is 5.75 Å². The van der Waals surface area contributed by atoms with Gasteiger partial charge in [-0.05, 0) is 61.8 Å². The number of benzene rings is 1. The molecule has 1 fully saturated rings. The highest BCUT2D eigenvalue weighted by Gasteiger charge is 2.40. The molecule has 1 saturated heterocycles. The number of carbonyl (C=O) groups is 2. The van der Waals surface area contributed by atoms with Gasteiger partial charge in [-0.2, -0.15) is 11.8 Å². The van der Waals surface area contributed by atoms with Crippen LogP contribution in [-0.2, 0) is 9.59 Å². The van der Waals surface area contributed by atoms with Crippen molar-refractivity contribution in [2.45, 2.75) is 44.6 Å². The van der Waals surface area contributed by atoms with Crippen LogP contribution >= 0.6 is 11.8 Å². The first-order valence-electron chi connectivity index (χ1n) is 8.33. The number of hydrogen-bond donors (Lipinski definition) is 2. The number of ether oxygens (including phenoxy) is 1. The average molecular weight is 351 g/mol. The second-order valence-electron chi connectivity index (χ2n) is 6.17. The molecular formula is C18H25NO4S. The molecule has 5 nitrogen and oxygen atoms in total. The van der Waals surface area contributed by atoms with Crippen LogP contribution in [0.2, 0.25) is 0 Å². The number of carbonyl (C=O) groups excluding carboxylic acids is 1. The molecule has 1 aliphatic rings. The van der Waals surface area contributed by atoms with Gasteiger partial charge < -0.3 is 15.2 Å². The van der Waals surface area contributed by atoms with Gasteiger partial charge in [0.05, 0.1) is 6.61 Å². The van der Waals surface area contributed by atoms with E-state index in [2.05, 4.69) is 5.32 Å². The molecule has 1 aliphatic heterocycles. The molecule has 2 rings (SSSR count). The first kappa shape index (κ1) is 18.6. The molecule has 24 heavy (non-hydrogen) atoms. The summed E-state index contributed by atoms with van der Waals surface area (Å²) in [5.41, 5.74) is 0.0805. The lowest BCUT2D eigenvalue weighted by Crippen LogP contribution is -2.56. The van der Waals surface area contributed by atoms with Crippen molar-refractivity contribution in [2.24, 2.45) is 0 Å². The summed E-state index contributed by atoms with van der Waals surface area (Å²) in [4.78, 5) is 23.6. The summed E-state index contributed by atoms with van der Waals surface area (Å²) in [5.74, 6) is 1.29. The number of hydrogen-bond acceptors (Lipinski definition) is 4. The minimum absolute atomic E-state index is 0.181. The quantitative estimate of drug-likeness (QED) is 0.704. The normalized spacial score (nSPS) is 16.4. The molecule has 132 valence electrons. The molecule has 2 N–H and O–H groups in total. The summed E-state index contributed by atoms with van der Waals surface area (Å²) in [5, 5.41) is 12.2. The maximum Gasteiger partial charge on any atom is 0.329 e. The zero-order chi connectivity index (χ0) is 17.4. The molecular weight excluding hydrogens is 326 g/mol. The second-order valence-corrected chi connectivity index (χ2v) is 7.39. The predicted molar refractivity (Wildman–Crippen MR) is 95.6 cm³/mol. The molecule has 1 heterocycles. The Labute approximate surface area is 147 Å². The van der Waals surface area contributed by atoms with Crippen LogP contribution in [0.15, 0.2) is 24.3 Å². The first-order chi connectivity index (χ1) is 11.5. The van der Waals surface area contributed by atoms with Crippen molar-refractivity contribution < 1.29 is 19.4 Å². The van der Waals surface area contributed by atoms with Gasteiger partial charge in [0, 0.05) is 6.42 Å². The Morgan fingerprint density at radius 1 is 1.29 bits per heavy atom. The van der Waals surface area contributed by atoms with Gasteiger partial charge in [-0.25, -0.2) is 4.79 Å². The lowest BCUT2D eigenvalue weighted by atomic mass is 9.92. The van der Waals surface area contributed by atoms with Crippen LogP contribution in [0.25, 0.3) is 0 Å².